The highest BCUT2D eigenvalue weighted by atomic mass is 16.5. The molecule has 0 radical (unpaired) electrons. The zero-order chi connectivity index (χ0) is 14.3. The lowest BCUT2D eigenvalue weighted by molar-refractivity contribution is 0.0369. The first-order valence-electron chi connectivity index (χ1n) is 7.82. The van der Waals surface area contributed by atoms with Gasteiger partial charge >= 0.3 is 0 Å². The van der Waals surface area contributed by atoms with Gasteiger partial charge in [-0.2, -0.15) is 5.26 Å². The van der Waals surface area contributed by atoms with Crippen LogP contribution in [0.15, 0.2) is 0 Å². The highest BCUT2D eigenvalue weighted by Crippen LogP contribution is 2.33. The number of hydrogen-bond acceptors (Lipinski definition) is 3. The van der Waals surface area contributed by atoms with E-state index in [-0.39, 0.29) is 5.92 Å². The van der Waals surface area contributed by atoms with Crippen LogP contribution >= 0.6 is 0 Å². The van der Waals surface area contributed by atoms with E-state index in [2.05, 4.69) is 31.7 Å². The van der Waals surface area contributed by atoms with Gasteiger partial charge in [-0.1, -0.05) is 20.8 Å². The lowest BCUT2D eigenvalue weighted by Crippen LogP contribution is -2.50. The van der Waals surface area contributed by atoms with Gasteiger partial charge in [0.1, 0.15) is 0 Å². The Labute approximate surface area is 118 Å². The van der Waals surface area contributed by atoms with Crippen molar-refractivity contribution in [1.29, 1.82) is 5.26 Å². The molecule has 0 spiro atoms. The quantitative estimate of drug-likeness (QED) is 0.708. The second-order valence-corrected chi connectivity index (χ2v) is 5.92. The molecule has 1 saturated carbocycles. The largest absolute Gasteiger partial charge is 0.383 e. The third kappa shape index (κ3) is 4.47. The molecule has 1 rings (SSSR count). The average Bonchev–Trinajstić information content (AvgIpc) is 2.43. The normalized spacial score (nSPS) is 27.7. The number of nitrogens with zero attached hydrogens (tertiary/aromatic N) is 2. The highest BCUT2D eigenvalue weighted by Gasteiger charge is 2.35. The van der Waals surface area contributed by atoms with Crippen molar-refractivity contribution in [1.82, 2.24) is 4.90 Å². The molecule has 0 aliphatic heterocycles. The summed E-state index contributed by atoms with van der Waals surface area (Å²) in [6, 6.07) is 3.56. The lowest BCUT2D eigenvalue weighted by Gasteiger charge is -2.43. The molecule has 0 aromatic rings. The number of ether oxygens (including phenoxy) is 1. The van der Waals surface area contributed by atoms with Crippen molar-refractivity contribution >= 4 is 0 Å². The smallest absolute Gasteiger partial charge is 0.0672 e. The van der Waals surface area contributed by atoms with Crippen molar-refractivity contribution in [3.63, 3.8) is 0 Å². The van der Waals surface area contributed by atoms with Crippen LogP contribution in [-0.4, -0.2) is 37.2 Å². The van der Waals surface area contributed by atoms with Gasteiger partial charge in [0.2, 0.25) is 0 Å². The molecule has 0 amide bonds. The molecular weight excluding hydrogens is 236 g/mol. The number of methoxy groups -OCH3 is 1. The zero-order valence-electron chi connectivity index (χ0n) is 13.1. The minimum Gasteiger partial charge on any atom is -0.383 e. The van der Waals surface area contributed by atoms with E-state index in [1.165, 1.54) is 12.8 Å². The van der Waals surface area contributed by atoms with Crippen molar-refractivity contribution in [3.8, 4) is 6.07 Å². The predicted molar refractivity (Wildman–Crippen MR) is 78.9 cm³/mol. The van der Waals surface area contributed by atoms with Gasteiger partial charge in [0.15, 0.2) is 0 Å². The van der Waals surface area contributed by atoms with E-state index in [9.17, 15) is 5.26 Å². The number of hydrogen-bond donors (Lipinski definition) is 0. The minimum atomic E-state index is 0.202. The molecule has 3 heteroatoms. The van der Waals surface area contributed by atoms with Crippen molar-refractivity contribution in [3.05, 3.63) is 0 Å². The van der Waals surface area contributed by atoms with Crippen LogP contribution in [0.2, 0.25) is 0 Å². The van der Waals surface area contributed by atoms with Crippen LogP contribution in [0.5, 0.6) is 0 Å². The molecule has 0 saturated heterocycles. The molecule has 0 aromatic heterocycles. The Morgan fingerprint density at radius 2 is 2.00 bits per heavy atom. The van der Waals surface area contributed by atoms with Gasteiger partial charge in [0, 0.05) is 25.7 Å². The maximum atomic E-state index is 9.44. The van der Waals surface area contributed by atoms with Crippen LogP contribution in [0.25, 0.3) is 0 Å². The van der Waals surface area contributed by atoms with Crippen molar-refractivity contribution < 1.29 is 4.74 Å². The maximum Gasteiger partial charge on any atom is 0.0672 e. The average molecular weight is 266 g/mol. The molecule has 110 valence electrons. The summed E-state index contributed by atoms with van der Waals surface area (Å²) in [5.41, 5.74) is 0. The van der Waals surface area contributed by atoms with Gasteiger partial charge in [0.05, 0.1) is 18.6 Å². The highest BCUT2D eigenvalue weighted by molar-refractivity contribution is 4.98. The fraction of sp³-hybridized carbons (Fsp3) is 0.938. The Morgan fingerprint density at radius 1 is 1.32 bits per heavy atom. The topological polar surface area (TPSA) is 36.3 Å². The summed E-state index contributed by atoms with van der Waals surface area (Å²) in [5.74, 6) is 0.947. The van der Waals surface area contributed by atoms with E-state index in [1.54, 1.807) is 7.11 Å². The Morgan fingerprint density at radius 3 is 2.53 bits per heavy atom. The van der Waals surface area contributed by atoms with Gasteiger partial charge in [0.25, 0.3) is 0 Å². The molecule has 1 aliphatic rings. The second-order valence-electron chi connectivity index (χ2n) is 5.92. The SMILES string of the molecule is CCC(CC)N(CCOC)C1CC(C)CCC1C#N. The Balaban J connectivity index is 2.82. The van der Waals surface area contributed by atoms with Crippen LogP contribution in [-0.2, 0) is 4.74 Å². The summed E-state index contributed by atoms with van der Waals surface area (Å²) < 4.78 is 5.27. The summed E-state index contributed by atoms with van der Waals surface area (Å²) in [4.78, 5) is 2.56. The summed E-state index contributed by atoms with van der Waals surface area (Å²) in [5, 5.41) is 9.44. The van der Waals surface area contributed by atoms with Crippen molar-refractivity contribution in [2.24, 2.45) is 11.8 Å². The third-order valence-corrected chi connectivity index (χ3v) is 4.64. The Bertz CT molecular complexity index is 283. The van der Waals surface area contributed by atoms with E-state index >= 15 is 0 Å². The molecule has 3 nitrogen and oxygen atoms in total. The van der Waals surface area contributed by atoms with Crippen LogP contribution < -0.4 is 0 Å². The number of nitriles is 1. The van der Waals surface area contributed by atoms with E-state index in [4.69, 9.17) is 4.74 Å². The second kappa shape index (κ2) is 8.55. The molecule has 0 heterocycles. The fourth-order valence-electron chi connectivity index (χ4n) is 3.44. The van der Waals surface area contributed by atoms with E-state index < -0.39 is 0 Å². The minimum absolute atomic E-state index is 0.202. The molecular formula is C16H30N2O. The van der Waals surface area contributed by atoms with Crippen LogP contribution in [0.3, 0.4) is 0 Å². The van der Waals surface area contributed by atoms with E-state index in [0.717, 1.165) is 38.3 Å². The molecule has 1 aliphatic carbocycles. The molecule has 0 bridgehead atoms. The molecule has 3 unspecified atom stereocenters. The van der Waals surface area contributed by atoms with Gasteiger partial charge in [-0.25, -0.2) is 0 Å². The van der Waals surface area contributed by atoms with Gasteiger partial charge in [-0.3, -0.25) is 4.90 Å². The first kappa shape index (κ1) is 16.5. The molecule has 0 aromatic carbocycles. The van der Waals surface area contributed by atoms with E-state index in [0.29, 0.717) is 12.1 Å². The first-order chi connectivity index (χ1) is 9.17. The standard InChI is InChI=1S/C16H30N2O/c1-5-15(6-2)18(9-10-19-4)16-11-13(3)7-8-14(16)12-17/h13-16H,5-11H2,1-4H3. The van der Waals surface area contributed by atoms with Crippen LogP contribution in [0.4, 0.5) is 0 Å². The summed E-state index contributed by atoms with van der Waals surface area (Å²) in [6.45, 7) is 8.54. The summed E-state index contributed by atoms with van der Waals surface area (Å²) >= 11 is 0. The van der Waals surface area contributed by atoms with Gasteiger partial charge in [-0.15, -0.1) is 0 Å². The van der Waals surface area contributed by atoms with Crippen LogP contribution in [0, 0.1) is 23.2 Å². The first-order valence-corrected chi connectivity index (χ1v) is 7.82. The van der Waals surface area contributed by atoms with Gasteiger partial charge < -0.3 is 4.74 Å². The third-order valence-electron chi connectivity index (χ3n) is 4.64. The molecule has 0 N–H and O–H groups in total. The molecule has 19 heavy (non-hydrogen) atoms. The van der Waals surface area contributed by atoms with Crippen molar-refractivity contribution in [2.45, 2.75) is 65.0 Å². The molecule has 1 fully saturated rings. The zero-order valence-corrected chi connectivity index (χ0v) is 13.1. The Kier molecular flexibility index (Phi) is 7.41. The predicted octanol–water partition coefficient (Wildman–Crippen LogP) is 3.45. The van der Waals surface area contributed by atoms with E-state index in [1.807, 2.05) is 0 Å². The van der Waals surface area contributed by atoms with Crippen molar-refractivity contribution in [2.75, 3.05) is 20.3 Å². The van der Waals surface area contributed by atoms with Crippen LogP contribution in [0.1, 0.15) is 52.9 Å². The number of rotatable bonds is 7. The Hall–Kier alpha value is -0.590. The summed E-state index contributed by atoms with van der Waals surface area (Å²) in [7, 11) is 1.76. The monoisotopic (exact) mass is 266 g/mol. The lowest BCUT2D eigenvalue weighted by atomic mass is 9.78. The fourth-order valence-corrected chi connectivity index (χ4v) is 3.44. The van der Waals surface area contributed by atoms with Gasteiger partial charge in [-0.05, 0) is 38.0 Å². The summed E-state index contributed by atoms with van der Waals surface area (Å²) in [6.07, 6.45) is 5.74. The maximum absolute atomic E-state index is 9.44. The molecule has 3 atom stereocenters.